The van der Waals surface area contributed by atoms with Crippen molar-refractivity contribution >= 4 is 11.8 Å². The molecule has 0 aromatic carbocycles. The second-order valence-corrected chi connectivity index (χ2v) is 3.90. The van der Waals surface area contributed by atoms with Crippen LogP contribution in [-0.4, -0.2) is 46.7 Å². The topological polar surface area (TPSA) is 71.4 Å². The minimum absolute atomic E-state index is 0.189. The van der Waals surface area contributed by atoms with Crippen LogP contribution >= 0.6 is 0 Å². The van der Waals surface area contributed by atoms with E-state index in [0.717, 1.165) is 6.92 Å². The van der Waals surface area contributed by atoms with Crippen molar-refractivity contribution in [3.8, 4) is 0 Å². The molecule has 1 heterocycles. The minimum atomic E-state index is -5.71. The number of rotatable bonds is 3. The maximum atomic E-state index is 13.5. The fraction of sp³-hybridized carbons (Fsp3) is 0.778. The van der Waals surface area contributed by atoms with Crippen molar-refractivity contribution in [1.82, 2.24) is 5.01 Å². The first-order valence-corrected chi connectivity index (χ1v) is 5.31. The van der Waals surface area contributed by atoms with Crippen molar-refractivity contribution in [2.75, 3.05) is 6.61 Å². The Morgan fingerprint density at radius 1 is 1.45 bits per heavy atom. The summed E-state index contributed by atoms with van der Waals surface area (Å²) in [6.07, 6.45) is -13.4. The Labute approximate surface area is 109 Å². The Kier molecular flexibility index (Phi) is 4.25. The molecule has 1 N–H and O–H groups in total. The van der Waals surface area contributed by atoms with Gasteiger partial charge < -0.3 is 9.84 Å². The molecule has 0 saturated heterocycles. The van der Waals surface area contributed by atoms with Gasteiger partial charge in [-0.1, -0.05) is 0 Å². The molecule has 11 heteroatoms. The second kappa shape index (κ2) is 5.13. The predicted molar refractivity (Wildman–Crippen MR) is 53.6 cm³/mol. The van der Waals surface area contributed by atoms with E-state index in [2.05, 4.69) is 14.6 Å². The molecular weight excluding hydrogens is 295 g/mol. The predicted octanol–water partition coefficient (Wildman–Crippen LogP) is 2.04. The lowest BCUT2D eigenvalue weighted by atomic mass is 10.1. The van der Waals surface area contributed by atoms with Crippen LogP contribution in [0, 0.1) is 0 Å². The first kappa shape index (κ1) is 16.6. The van der Waals surface area contributed by atoms with Gasteiger partial charge in [0.2, 0.25) is 0 Å². The molecule has 0 aromatic rings. The van der Waals surface area contributed by atoms with Crippen LogP contribution in [0.4, 0.5) is 26.7 Å². The Morgan fingerprint density at radius 3 is 2.45 bits per heavy atom. The Bertz CT molecular complexity index is 425. The van der Waals surface area contributed by atoms with Gasteiger partial charge in [-0.15, -0.1) is 13.2 Å². The first-order chi connectivity index (χ1) is 8.93. The van der Waals surface area contributed by atoms with Crippen molar-refractivity contribution < 1.29 is 41.3 Å². The van der Waals surface area contributed by atoms with Crippen molar-refractivity contribution in [2.45, 2.75) is 38.5 Å². The lowest BCUT2D eigenvalue weighted by molar-refractivity contribution is -0.469. The molecule has 0 bridgehead atoms. The second-order valence-electron chi connectivity index (χ2n) is 3.90. The molecule has 0 fully saturated rings. The zero-order valence-electron chi connectivity index (χ0n) is 10.4. The summed E-state index contributed by atoms with van der Waals surface area (Å²) in [7, 11) is 0. The fourth-order valence-electron chi connectivity index (χ4n) is 1.55. The van der Waals surface area contributed by atoms with E-state index in [1.807, 2.05) is 0 Å². The molecule has 0 aromatic heterocycles. The highest BCUT2D eigenvalue weighted by molar-refractivity contribution is 5.87. The van der Waals surface area contributed by atoms with Gasteiger partial charge in [-0.05, 0) is 13.8 Å². The van der Waals surface area contributed by atoms with E-state index in [-0.39, 0.29) is 17.3 Å². The normalized spacial score (nSPS) is 23.8. The average Bonchev–Trinajstić information content (AvgIpc) is 2.52. The van der Waals surface area contributed by atoms with E-state index in [9.17, 15) is 31.9 Å². The molecule has 0 radical (unpaired) electrons. The molecule has 1 unspecified atom stereocenters. The van der Waals surface area contributed by atoms with Crippen molar-refractivity contribution in [3.63, 3.8) is 0 Å². The van der Waals surface area contributed by atoms with Crippen LogP contribution in [0.25, 0.3) is 0 Å². The number of aliphatic hydroxyl groups is 1. The number of hydrogen-bond donors (Lipinski definition) is 1. The van der Waals surface area contributed by atoms with Gasteiger partial charge in [0.05, 0.1) is 6.61 Å². The molecule has 0 spiro atoms. The summed E-state index contributed by atoms with van der Waals surface area (Å²) in [6.45, 7) is 2.24. The third-order valence-electron chi connectivity index (χ3n) is 2.27. The summed E-state index contributed by atoms with van der Waals surface area (Å²) in [5, 5.41) is 12.7. The fourth-order valence-corrected chi connectivity index (χ4v) is 1.55. The lowest BCUT2D eigenvalue weighted by Gasteiger charge is -2.35. The van der Waals surface area contributed by atoms with Gasteiger partial charge in [-0.2, -0.15) is 18.9 Å². The van der Waals surface area contributed by atoms with Crippen LogP contribution in [0.2, 0.25) is 0 Å². The standard InChI is InChI=1S/C9H11F5N2O4/c1-3-19-6(17)16-7(18,4-5(2)15-16)8(10,11)20-9(12,13)14/h18H,3-4H2,1-2H3. The van der Waals surface area contributed by atoms with Crippen LogP contribution in [0.3, 0.4) is 0 Å². The monoisotopic (exact) mass is 306 g/mol. The molecule has 1 rings (SSSR count). The highest BCUT2D eigenvalue weighted by Crippen LogP contribution is 2.43. The highest BCUT2D eigenvalue weighted by Gasteiger charge is 2.67. The van der Waals surface area contributed by atoms with Gasteiger partial charge in [-0.25, -0.2) is 9.53 Å². The number of carbonyl (C=O) groups excluding carboxylic acids is 1. The smallest absolute Gasteiger partial charge is 0.448 e. The van der Waals surface area contributed by atoms with E-state index < -0.39 is 30.7 Å². The molecule has 116 valence electrons. The molecule has 20 heavy (non-hydrogen) atoms. The SMILES string of the molecule is CCOC(=O)N1N=C(C)CC1(O)C(F)(F)OC(F)(F)F. The van der Waals surface area contributed by atoms with Crippen molar-refractivity contribution in [3.05, 3.63) is 0 Å². The number of nitrogens with zero attached hydrogens (tertiary/aromatic N) is 2. The lowest BCUT2D eigenvalue weighted by Crippen LogP contribution is -2.61. The van der Waals surface area contributed by atoms with Gasteiger partial charge in [0.25, 0.3) is 5.72 Å². The number of carbonyl (C=O) groups is 1. The third-order valence-corrected chi connectivity index (χ3v) is 2.27. The zero-order chi connectivity index (χ0) is 15.8. The van der Waals surface area contributed by atoms with Crippen molar-refractivity contribution in [2.24, 2.45) is 5.10 Å². The van der Waals surface area contributed by atoms with Gasteiger partial charge in [0.15, 0.2) is 0 Å². The number of alkyl halides is 5. The Balaban J connectivity index is 3.09. The van der Waals surface area contributed by atoms with Crippen LogP contribution in [0.5, 0.6) is 0 Å². The van der Waals surface area contributed by atoms with E-state index in [0.29, 0.717) is 0 Å². The maximum absolute atomic E-state index is 13.5. The summed E-state index contributed by atoms with van der Waals surface area (Å²) in [4.78, 5) is 11.4. The van der Waals surface area contributed by atoms with Gasteiger partial charge in [-0.3, -0.25) is 0 Å². The molecular formula is C9H11F5N2O4. The molecule has 6 nitrogen and oxygen atoms in total. The zero-order valence-corrected chi connectivity index (χ0v) is 10.4. The molecule has 0 saturated carbocycles. The van der Waals surface area contributed by atoms with E-state index in [1.54, 1.807) is 0 Å². The number of amides is 1. The number of hydrazone groups is 1. The molecule has 0 aliphatic carbocycles. The summed E-state index contributed by atoms with van der Waals surface area (Å²) in [6, 6.07) is 0. The van der Waals surface area contributed by atoms with Crippen molar-refractivity contribution in [1.29, 1.82) is 0 Å². The number of hydrogen-bond acceptors (Lipinski definition) is 5. The molecule has 1 atom stereocenters. The number of halogens is 5. The highest BCUT2D eigenvalue weighted by atomic mass is 19.4. The van der Waals surface area contributed by atoms with Gasteiger partial charge in [0.1, 0.15) is 0 Å². The quantitative estimate of drug-likeness (QED) is 0.810. The molecule has 1 aliphatic heterocycles. The Morgan fingerprint density at radius 2 is 2.00 bits per heavy atom. The van der Waals surface area contributed by atoms with Crippen LogP contribution in [0.15, 0.2) is 5.10 Å². The van der Waals surface area contributed by atoms with Gasteiger partial charge in [0, 0.05) is 12.1 Å². The van der Waals surface area contributed by atoms with Crippen LogP contribution < -0.4 is 0 Å². The van der Waals surface area contributed by atoms with Gasteiger partial charge >= 0.3 is 18.6 Å². The third kappa shape index (κ3) is 3.15. The summed E-state index contributed by atoms with van der Waals surface area (Å²) >= 11 is 0. The van der Waals surface area contributed by atoms with Crippen LogP contribution in [0.1, 0.15) is 20.3 Å². The molecule has 1 amide bonds. The summed E-state index contributed by atoms with van der Waals surface area (Å²) in [5.74, 6) is 0. The number of ether oxygens (including phenoxy) is 2. The summed E-state index contributed by atoms with van der Waals surface area (Å²) < 4.78 is 69.9. The summed E-state index contributed by atoms with van der Waals surface area (Å²) in [5.41, 5.74) is -3.80. The molecule has 1 aliphatic rings. The van der Waals surface area contributed by atoms with E-state index in [4.69, 9.17) is 0 Å². The average molecular weight is 306 g/mol. The minimum Gasteiger partial charge on any atom is -0.448 e. The van der Waals surface area contributed by atoms with Crippen LogP contribution in [-0.2, 0) is 9.47 Å². The van der Waals surface area contributed by atoms with E-state index in [1.165, 1.54) is 6.92 Å². The Hall–Kier alpha value is -1.49. The van der Waals surface area contributed by atoms with E-state index >= 15 is 0 Å². The maximum Gasteiger partial charge on any atom is 0.527 e. The first-order valence-electron chi connectivity index (χ1n) is 5.31. The largest absolute Gasteiger partial charge is 0.527 e.